The molecule has 0 fully saturated rings. The number of benzene rings is 1. The minimum atomic E-state index is -0.0788. The van der Waals surface area contributed by atoms with E-state index < -0.39 is 0 Å². The Morgan fingerprint density at radius 2 is 1.63 bits per heavy atom. The summed E-state index contributed by atoms with van der Waals surface area (Å²) in [5.41, 5.74) is 6.79. The number of rotatable bonds is 10. The van der Waals surface area contributed by atoms with E-state index in [1.54, 1.807) is 7.11 Å². The van der Waals surface area contributed by atoms with Gasteiger partial charge < -0.3 is 9.47 Å². The first-order chi connectivity index (χ1) is 14.2. The smallest absolute Gasteiger partial charge is 0.126 e. The van der Waals surface area contributed by atoms with Crippen molar-refractivity contribution in [2.45, 2.75) is 98.5 Å². The molecule has 1 aliphatic rings. The third-order valence-electron chi connectivity index (χ3n) is 6.12. The summed E-state index contributed by atoms with van der Waals surface area (Å²) < 4.78 is 11.9. The highest BCUT2D eigenvalue weighted by Crippen LogP contribution is 2.40. The minimum Gasteiger partial charge on any atom is -0.497 e. The highest BCUT2D eigenvalue weighted by Gasteiger charge is 2.32. The Morgan fingerprint density at radius 3 is 2.27 bits per heavy atom. The average molecular weight is 411 g/mol. The Balaban J connectivity index is 1.81. The fourth-order valence-electron chi connectivity index (χ4n) is 4.10. The third kappa shape index (κ3) is 7.70. The lowest BCUT2D eigenvalue weighted by Gasteiger charge is -2.37. The molecule has 1 aliphatic heterocycles. The van der Waals surface area contributed by atoms with E-state index in [1.807, 2.05) is 0 Å². The van der Waals surface area contributed by atoms with Gasteiger partial charge in [-0.3, -0.25) is 0 Å². The maximum Gasteiger partial charge on any atom is 0.126 e. The first-order valence-corrected chi connectivity index (χ1v) is 11.5. The molecule has 1 heterocycles. The second kappa shape index (κ2) is 11.4. The Bertz CT molecular complexity index is 793. The van der Waals surface area contributed by atoms with Gasteiger partial charge in [-0.1, -0.05) is 34.9 Å². The summed E-state index contributed by atoms with van der Waals surface area (Å²) >= 11 is 0. The number of hydrogen-bond donors (Lipinski definition) is 0. The average Bonchev–Trinajstić information content (AvgIpc) is 2.68. The van der Waals surface area contributed by atoms with Crippen molar-refractivity contribution in [1.29, 1.82) is 0 Å². The molecule has 1 aromatic rings. The summed E-state index contributed by atoms with van der Waals surface area (Å²) in [6.45, 7) is 13.2. The number of ether oxygens (including phenoxy) is 2. The standard InChI is InChI=1S/C28H42O2/c1-21(2)11-8-12-22(3)13-9-14-23(4)15-10-17-28(6)18-16-25-20-26(29-7)19-24(5)27(25)30-28/h11,13,15,19-20H,8-10,12,14,16-18H2,1-7H3/t28-/m0/s1. The summed E-state index contributed by atoms with van der Waals surface area (Å²) in [7, 11) is 1.73. The number of hydrogen-bond acceptors (Lipinski definition) is 2. The van der Waals surface area contributed by atoms with E-state index >= 15 is 0 Å². The van der Waals surface area contributed by atoms with Crippen LogP contribution in [0.3, 0.4) is 0 Å². The summed E-state index contributed by atoms with van der Waals surface area (Å²) in [6, 6.07) is 4.20. The van der Waals surface area contributed by atoms with Gasteiger partial charge in [-0.05, 0) is 116 Å². The summed E-state index contributed by atoms with van der Waals surface area (Å²) in [6.07, 6.45) is 16.0. The van der Waals surface area contributed by atoms with Crippen molar-refractivity contribution in [1.82, 2.24) is 0 Å². The number of allylic oxidation sites excluding steroid dienone is 6. The summed E-state index contributed by atoms with van der Waals surface area (Å²) in [4.78, 5) is 0. The lowest BCUT2D eigenvalue weighted by Crippen LogP contribution is -2.36. The van der Waals surface area contributed by atoms with Gasteiger partial charge in [0, 0.05) is 0 Å². The van der Waals surface area contributed by atoms with Crippen LogP contribution in [-0.4, -0.2) is 12.7 Å². The van der Waals surface area contributed by atoms with Gasteiger partial charge in [0.1, 0.15) is 17.1 Å². The molecule has 1 atom stereocenters. The van der Waals surface area contributed by atoms with Gasteiger partial charge in [0.15, 0.2) is 0 Å². The zero-order chi connectivity index (χ0) is 22.1. The SMILES string of the molecule is COc1cc(C)c2c(c1)CC[C@](C)(CCC=C(C)CCC=C(C)CCC=C(C)C)O2. The molecule has 0 radical (unpaired) electrons. The monoisotopic (exact) mass is 410 g/mol. The molecule has 0 N–H and O–H groups in total. The molecule has 0 bridgehead atoms. The van der Waals surface area contributed by atoms with Crippen molar-refractivity contribution in [2.75, 3.05) is 7.11 Å². The molecule has 0 aromatic heterocycles. The van der Waals surface area contributed by atoms with Gasteiger partial charge in [-0.2, -0.15) is 0 Å². The minimum absolute atomic E-state index is 0.0788. The van der Waals surface area contributed by atoms with E-state index in [0.717, 1.165) is 56.4 Å². The Labute approximate surface area is 185 Å². The van der Waals surface area contributed by atoms with E-state index in [2.05, 4.69) is 71.9 Å². The lowest BCUT2D eigenvalue weighted by molar-refractivity contribution is 0.0561. The van der Waals surface area contributed by atoms with Crippen LogP contribution in [0.5, 0.6) is 11.5 Å². The van der Waals surface area contributed by atoms with Gasteiger partial charge in [0.05, 0.1) is 7.11 Å². The first kappa shape index (κ1) is 24.3. The molecular formula is C28H42O2. The van der Waals surface area contributed by atoms with Crippen LogP contribution in [0, 0.1) is 6.92 Å². The van der Waals surface area contributed by atoms with E-state index in [4.69, 9.17) is 9.47 Å². The second-order valence-corrected chi connectivity index (χ2v) is 9.48. The molecule has 1 aromatic carbocycles. The second-order valence-electron chi connectivity index (χ2n) is 9.48. The Kier molecular flexibility index (Phi) is 9.27. The van der Waals surface area contributed by atoms with Crippen LogP contribution in [0.1, 0.15) is 90.7 Å². The number of methoxy groups -OCH3 is 1. The fraction of sp³-hybridized carbons (Fsp3) is 0.571. The van der Waals surface area contributed by atoms with Gasteiger partial charge in [-0.25, -0.2) is 0 Å². The maximum absolute atomic E-state index is 6.50. The van der Waals surface area contributed by atoms with Crippen LogP contribution in [0.2, 0.25) is 0 Å². The Hall–Kier alpha value is -1.96. The third-order valence-corrected chi connectivity index (χ3v) is 6.12. The molecule has 2 nitrogen and oxygen atoms in total. The molecule has 2 heteroatoms. The fourth-order valence-corrected chi connectivity index (χ4v) is 4.10. The molecule has 0 saturated carbocycles. The van der Waals surface area contributed by atoms with Crippen molar-refractivity contribution in [2.24, 2.45) is 0 Å². The molecule has 0 amide bonds. The number of fused-ring (bicyclic) bond motifs is 1. The van der Waals surface area contributed by atoms with Crippen molar-refractivity contribution >= 4 is 0 Å². The zero-order valence-electron chi connectivity index (χ0n) is 20.4. The van der Waals surface area contributed by atoms with Crippen LogP contribution in [0.15, 0.2) is 47.1 Å². The van der Waals surface area contributed by atoms with Crippen LogP contribution < -0.4 is 9.47 Å². The molecule has 30 heavy (non-hydrogen) atoms. The van der Waals surface area contributed by atoms with E-state index in [-0.39, 0.29) is 5.60 Å². The molecule has 0 spiro atoms. The lowest BCUT2D eigenvalue weighted by atomic mass is 9.87. The maximum atomic E-state index is 6.50. The van der Waals surface area contributed by atoms with Crippen molar-refractivity contribution in [3.63, 3.8) is 0 Å². The van der Waals surface area contributed by atoms with Gasteiger partial charge in [-0.15, -0.1) is 0 Å². The normalized spacial score (nSPS) is 19.2. The quantitative estimate of drug-likeness (QED) is 0.361. The van der Waals surface area contributed by atoms with E-state index in [1.165, 1.54) is 34.3 Å². The molecule has 0 aliphatic carbocycles. The predicted molar refractivity (Wildman–Crippen MR) is 130 cm³/mol. The van der Waals surface area contributed by atoms with Crippen LogP contribution in [-0.2, 0) is 6.42 Å². The van der Waals surface area contributed by atoms with Crippen molar-refractivity contribution in [3.8, 4) is 11.5 Å². The summed E-state index contributed by atoms with van der Waals surface area (Å²) in [5.74, 6) is 2.00. The Morgan fingerprint density at radius 1 is 1.00 bits per heavy atom. The molecule has 2 rings (SSSR count). The largest absolute Gasteiger partial charge is 0.497 e. The number of aryl methyl sites for hydroxylation is 2. The van der Waals surface area contributed by atoms with Gasteiger partial charge in [0.2, 0.25) is 0 Å². The van der Waals surface area contributed by atoms with Crippen LogP contribution >= 0.6 is 0 Å². The van der Waals surface area contributed by atoms with Gasteiger partial charge in [0.25, 0.3) is 0 Å². The topological polar surface area (TPSA) is 18.5 Å². The van der Waals surface area contributed by atoms with Crippen molar-refractivity contribution in [3.05, 3.63) is 58.2 Å². The van der Waals surface area contributed by atoms with Crippen LogP contribution in [0.4, 0.5) is 0 Å². The first-order valence-electron chi connectivity index (χ1n) is 11.5. The molecular weight excluding hydrogens is 368 g/mol. The van der Waals surface area contributed by atoms with Crippen molar-refractivity contribution < 1.29 is 9.47 Å². The summed E-state index contributed by atoms with van der Waals surface area (Å²) in [5, 5.41) is 0. The highest BCUT2D eigenvalue weighted by atomic mass is 16.5. The van der Waals surface area contributed by atoms with Gasteiger partial charge >= 0.3 is 0 Å². The molecule has 166 valence electrons. The predicted octanol–water partition coefficient (Wildman–Crippen LogP) is 8.29. The molecule has 0 saturated heterocycles. The van der Waals surface area contributed by atoms with Crippen LogP contribution in [0.25, 0.3) is 0 Å². The molecule has 0 unspecified atom stereocenters. The zero-order valence-corrected chi connectivity index (χ0v) is 20.4. The van der Waals surface area contributed by atoms with E-state index in [9.17, 15) is 0 Å². The highest BCUT2D eigenvalue weighted by molar-refractivity contribution is 5.48. The van der Waals surface area contributed by atoms with E-state index in [0.29, 0.717) is 0 Å².